The molecule has 0 fully saturated rings. The number of nitrogens with one attached hydrogen (secondary N) is 1. The zero-order valence-corrected chi connectivity index (χ0v) is 11.0. The van der Waals surface area contributed by atoms with Gasteiger partial charge in [-0.25, -0.2) is 4.98 Å². The molecule has 1 aromatic heterocycles. The van der Waals surface area contributed by atoms with E-state index >= 15 is 0 Å². The van der Waals surface area contributed by atoms with E-state index in [-0.39, 0.29) is 23.8 Å². The number of nitrogens with two attached hydrogens (primary N) is 1. The average Bonchev–Trinajstić information content (AvgIpc) is 2.34. The number of aliphatic hydroxyl groups is 1. The minimum Gasteiger partial charge on any atom is -0.391 e. The van der Waals surface area contributed by atoms with E-state index in [2.05, 4.69) is 10.3 Å². The van der Waals surface area contributed by atoms with Crippen molar-refractivity contribution in [3.05, 3.63) is 23.4 Å². The number of alkyl halides is 3. The zero-order chi connectivity index (χ0) is 15.5. The Balaban J connectivity index is 3.04. The molecule has 0 aliphatic heterocycles. The van der Waals surface area contributed by atoms with E-state index in [1.54, 1.807) is 13.8 Å². The number of nitrogens with zero attached hydrogens (tertiary/aromatic N) is 1. The third-order valence-corrected chi connectivity index (χ3v) is 2.70. The number of hydrogen-bond donors (Lipinski definition) is 3. The zero-order valence-electron chi connectivity index (χ0n) is 11.0. The van der Waals surface area contributed by atoms with Crippen LogP contribution in [0.5, 0.6) is 0 Å². The fourth-order valence-electron chi connectivity index (χ4n) is 1.39. The van der Waals surface area contributed by atoms with Crippen LogP contribution in [0.4, 0.5) is 19.0 Å². The van der Waals surface area contributed by atoms with Crippen LogP contribution < -0.4 is 11.1 Å². The number of carbonyl (C=O) groups is 1. The normalized spacial score (nSPS) is 13.3. The summed E-state index contributed by atoms with van der Waals surface area (Å²) in [5.41, 5.74) is 3.78. The Labute approximate surface area is 114 Å². The lowest BCUT2D eigenvalue weighted by Crippen LogP contribution is -2.27. The number of pyridine rings is 1. The molecular weight excluding hydrogens is 275 g/mol. The summed E-state index contributed by atoms with van der Waals surface area (Å²) in [6, 6.07) is 1.65. The average molecular weight is 291 g/mol. The van der Waals surface area contributed by atoms with Crippen LogP contribution in [-0.4, -0.2) is 28.6 Å². The Morgan fingerprint density at radius 1 is 1.45 bits per heavy atom. The van der Waals surface area contributed by atoms with Crippen molar-refractivity contribution in [3.63, 3.8) is 0 Å². The molecule has 1 rings (SSSR count). The first-order chi connectivity index (χ1) is 9.12. The molecule has 4 N–H and O–H groups in total. The molecule has 0 aliphatic rings. The molecule has 1 aromatic rings. The summed E-state index contributed by atoms with van der Waals surface area (Å²) in [5.74, 6) is -1.27. The highest BCUT2D eigenvalue weighted by molar-refractivity contribution is 5.97. The fourth-order valence-corrected chi connectivity index (χ4v) is 1.39. The van der Waals surface area contributed by atoms with Gasteiger partial charge in [0.25, 0.3) is 5.91 Å². The van der Waals surface area contributed by atoms with Crippen LogP contribution in [0.2, 0.25) is 0 Å². The number of aromatic nitrogens is 1. The van der Waals surface area contributed by atoms with Crippen molar-refractivity contribution in [2.45, 2.75) is 26.1 Å². The van der Waals surface area contributed by atoms with E-state index in [1.807, 2.05) is 0 Å². The van der Waals surface area contributed by atoms with Crippen LogP contribution in [0.25, 0.3) is 0 Å². The maximum Gasteiger partial charge on any atom is 0.433 e. The summed E-state index contributed by atoms with van der Waals surface area (Å²) in [4.78, 5) is 14.5. The van der Waals surface area contributed by atoms with Crippen LogP contribution in [-0.2, 0) is 6.18 Å². The molecule has 112 valence electrons. The monoisotopic (exact) mass is 291 g/mol. The van der Waals surface area contributed by atoms with Crippen LogP contribution in [0.1, 0.15) is 29.9 Å². The summed E-state index contributed by atoms with van der Waals surface area (Å²) in [7, 11) is 0. The topological polar surface area (TPSA) is 88.2 Å². The molecule has 8 heteroatoms. The minimum atomic E-state index is -4.62. The van der Waals surface area contributed by atoms with Gasteiger partial charge in [0, 0.05) is 6.54 Å². The second-order valence-electron chi connectivity index (χ2n) is 4.65. The van der Waals surface area contributed by atoms with Crippen molar-refractivity contribution in [1.82, 2.24) is 4.98 Å². The van der Waals surface area contributed by atoms with E-state index in [1.165, 1.54) is 0 Å². The largest absolute Gasteiger partial charge is 0.433 e. The molecule has 0 saturated heterocycles. The van der Waals surface area contributed by atoms with Gasteiger partial charge in [0.05, 0.1) is 11.7 Å². The quantitative estimate of drug-likeness (QED) is 0.769. The molecule has 1 heterocycles. The second kappa shape index (κ2) is 6.08. The van der Waals surface area contributed by atoms with Crippen LogP contribution in [0, 0.1) is 5.92 Å². The summed E-state index contributed by atoms with van der Waals surface area (Å²) >= 11 is 0. The third kappa shape index (κ3) is 4.09. The molecule has 0 bridgehead atoms. The van der Waals surface area contributed by atoms with E-state index in [4.69, 9.17) is 5.73 Å². The summed E-state index contributed by atoms with van der Waals surface area (Å²) in [6.07, 6.45) is -5.41. The lowest BCUT2D eigenvalue weighted by molar-refractivity contribution is -0.141. The highest BCUT2D eigenvalue weighted by Gasteiger charge is 2.33. The Hall–Kier alpha value is -1.83. The van der Waals surface area contributed by atoms with Gasteiger partial charge in [-0.3, -0.25) is 4.79 Å². The van der Waals surface area contributed by atoms with Crippen molar-refractivity contribution < 1.29 is 23.1 Å². The number of carbonyl (C=O) groups excluding carboxylic acids is 1. The maximum absolute atomic E-state index is 12.6. The van der Waals surface area contributed by atoms with Gasteiger partial charge in [0.2, 0.25) is 0 Å². The predicted octanol–water partition coefficient (Wildman–Crippen LogP) is 1.63. The number of aliphatic hydroxyl groups excluding tert-OH is 1. The molecular formula is C12H16F3N3O2. The van der Waals surface area contributed by atoms with Crippen molar-refractivity contribution >= 4 is 11.7 Å². The standard InChI is InChI=1S/C12H16F3N3O2/c1-6(2)8(19)5-17-11-7(10(16)20)3-4-9(18-11)12(13,14)15/h3-4,6,8,19H,5H2,1-2H3,(H2,16,20)(H,17,18). The van der Waals surface area contributed by atoms with Crippen molar-refractivity contribution in [2.75, 3.05) is 11.9 Å². The first-order valence-electron chi connectivity index (χ1n) is 5.93. The summed E-state index contributed by atoms with van der Waals surface area (Å²) < 4.78 is 37.7. The molecule has 0 saturated carbocycles. The predicted molar refractivity (Wildman–Crippen MR) is 67.1 cm³/mol. The number of rotatable bonds is 5. The molecule has 1 atom stereocenters. The Kier molecular flexibility index (Phi) is 4.93. The lowest BCUT2D eigenvalue weighted by atomic mass is 10.1. The molecule has 5 nitrogen and oxygen atoms in total. The maximum atomic E-state index is 12.6. The van der Waals surface area contributed by atoms with Gasteiger partial charge in [-0.1, -0.05) is 13.8 Å². The lowest BCUT2D eigenvalue weighted by Gasteiger charge is -2.17. The van der Waals surface area contributed by atoms with Gasteiger partial charge in [-0.05, 0) is 18.1 Å². The summed E-state index contributed by atoms with van der Waals surface area (Å²) in [6.45, 7) is 3.47. The van der Waals surface area contributed by atoms with Crippen LogP contribution in [0.15, 0.2) is 12.1 Å². The van der Waals surface area contributed by atoms with Gasteiger partial charge in [-0.2, -0.15) is 13.2 Å². The van der Waals surface area contributed by atoms with Crippen LogP contribution >= 0.6 is 0 Å². The Bertz CT molecular complexity index is 489. The van der Waals surface area contributed by atoms with Gasteiger partial charge < -0.3 is 16.2 Å². The van der Waals surface area contributed by atoms with E-state index in [0.29, 0.717) is 6.07 Å². The number of amides is 1. The van der Waals surface area contributed by atoms with Crippen LogP contribution in [0.3, 0.4) is 0 Å². The van der Waals surface area contributed by atoms with Gasteiger partial charge in [-0.15, -0.1) is 0 Å². The van der Waals surface area contributed by atoms with Gasteiger partial charge in [0.1, 0.15) is 11.5 Å². The van der Waals surface area contributed by atoms with Gasteiger partial charge >= 0.3 is 6.18 Å². The minimum absolute atomic E-state index is 0.0355. The van der Waals surface area contributed by atoms with E-state index < -0.39 is 23.9 Å². The molecule has 1 amide bonds. The van der Waals surface area contributed by atoms with E-state index in [0.717, 1.165) is 6.07 Å². The Morgan fingerprint density at radius 3 is 2.50 bits per heavy atom. The fraction of sp³-hybridized carbons (Fsp3) is 0.500. The molecule has 0 aromatic carbocycles. The molecule has 0 spiro atoms. The summed E-state index contributed by atoms with van der Waals surface area (Å²) in [5, 5.41) is 12.1. The molecule has 0 aliphatic carbocycles. The third-order valence-electron chi connectivity index (χ3n) is 2.70. The van der Waals surface area contributed by atoms with Crippen molar-refractivity contribution in [2.24, 2.45) is 11.7 Å². The number of anilines is 1. The van der Waals surface area contributed by atoms with Gasteiger partial charge in [0.15, 0.2) is 0 Å². The SMILES string of the molecule is CC(C)C(O)CNc1nc(C(F)(F)F)ccc1C(N)=O. The number of halogens is 3. The molecule has 1 unspecified atom stereocenters. The number of primary amides is 1. The first-order valence-corrected chi connectivity index (χ1v) is 5.93. The smallest absolute Gasteiger partial charge is 0.391 e. The van der Waals surface area contributed by atoms with E-state index in [9.17, 15) is 23.1 Å². The number of hydrogen-bond acceptors (Lipinski definition) is 4. The second-order valence-corrected chi connectivity index (χ2v) is 4.65. The highest BCUT2D eigenvalue weighted by atomic mass is 19.4. The first kappa shape index (κ1) is 16.2. The molecule has 20 heavy (non-hydrogen) atoms. The highest BCUT2D eigenvalue weighted by Crippen LogP contribution is 2.29. The van der Waals surface area contributed by atoms with Crippen molar-refractivity contribution in [1.29, 1.82) is 0 Å². The van der Waals surface area contributed by atoms with Crippen molar-refractivity contribution in [3.8, 4) is 0 Å². The molecule has 0 radical (unpaired) electrons. The Morgan fingerprint density at radius 2 is 2.05 bits per heavy atom.